The van der Waals surface area contributed by atoms with Crippen LogP contribution in [0.25, 0.3) is 0 Å². The number of hydrogen-bond donors (Lipinski definition) is 2. The molecule has 6 nitrogen and oxygen atoms in total. The lowest BCUT2D eigenvalue weighted by Crippen LogP contribution is -2.53. The van der Waals surface area contributed by atoms with Gasteiger partial charge in [-0.3, -0.25) is 4.55 Å². The highest BCUT2D eigenvalue weighted by molar-refractivity contribution is 7.87. The Balaban J connectivity index is 3.66. The largest absolute Gasteiger partial charge is 0.479 e. The van der Waals surface area contributed by atoms with Gasteiger partial charge in [0.2, 0.25) is 0 Å². The third kappa shape index (κ3) is 2.70. The van der Waals surface area contributed by atoms with Crippen LogP contribution in [-0.2, 0) is 15.1 Å². The van der Waals surface area contributed by atoms with Crippen molar-refractivity contribution in [3.8, 4) is 0 Å². The first-order valence-electron chi connectivity index (χ1n) is 5.05. The van der Waals surface area contributed by atoms with Crippen molar-refractivity contribution in [2.45, 2.75) is 19.4 Å². The van der Waals surface area contributed by atoms with Gasteiger partial charge in [0.1, 0.15) is 5.54 Å². The second-order valence-electron chi connectivity index (χ2n) is 4.30. The zero-order chi connectivity index (χ0) is 15.9. The summed E-state index contributed by atoms with van der Waals surface area (Å²) in [6.45, 7) is 1.67. The highest BCUT2D eigenvalue weighted by Crippen LogP contribution is 2.31. The van der Waals surface area contributed by atoms with E-state index in [9.17, 15) is 26.4 Å². The first-order chi connectivity index (χ1) is 8.90. The Hall–Kier alpha value is -1.81. The summed E-state index contributed by atoms with van der Waals surface area (Å²) >= 11 is 0. The van der Waals surface area contributed by atoms with Gasteiger partial charge in [0.15, 0.2) is 17.5 Å². The molecular formula is C10H10F3NO5S. The fourth-order valence-corrected chi connectivity index (χ4v) is 2.52. The summed E-state index contributed by atoms with van der Waals surface area (Å²) in [6.07, 6.45) is 0. The number of rotatable bonds is 4. The van der Waals surface area contributed by atoms with Crippen molar-refractivity contribution in [2.24, 2.45) is 0 Å². The Morgan fingerprint density at radius 1 is 1.20 bits per heavy atom. The van der Waals surface area contributed by atoms with E-state index in [0.29, 0.717) is 12.1 Å². The average molecular weight is 313 g/mol. The van der Waals surface area contributed by atoms with Gasteiger partial charge in [-0.15, -0.1) is 0 Å². The molecule has 2 N–H and O–H groups in total. The van der Waals surface area contributed by atoms with Gasteiger partial charge in [0.05, 0.1) is 5.69 Å². The smallest absolute Gasteiger partial charge is 0.361 e. The second kappa shape index (κ2) is 4.94. The Morgan fingerprint density at radius 3 is 2.10 bits per heavy atom. The lowest BCUT2D eigenvalue weighted by molar-refractivity contribution is -0.141. The normalized spacial score (nSPS) is 12.3. The van der Waals surface area contributed by atoms with Crippen LogP contribution < -0.4 is 4.31 Å². The maximum atomic E-state index is 13.6. The maximum absolute atomic E-state index is 13.6. The van der Waals surface area contributed by atoms with Gasteiger partial charge >= 0.3 is 16.3 Å². The first-order valence-corrected chi connectivity index (χ1v) is 6.45. The summed E-state index contributed by atoms with van der Waals surface area (Å²) in [5, 5.41) is 8.94. The minimum atomic E-state index is -5.25. The lowest BCUT2D eigenvalue weighted by atomic mass is 10.1. The molecule has 20 heavy (non-hydrogen) atoms. The van der Waals surface area contributed by atoms with E-state index in [2.05, 4.69) is 0 Å². The summed E-state index contributed by atoms with van der Waals surface area (Å²) in [4.78, 5) is 11.0. The van der Waals surface area contributed by atoms with Crippen molar-refractivity contribution < 1.29 is 36.0 Å². The third-order valence-corrected chi connectivity index (χ3v) is 3.61. The van der Waals surface area contributed by atoms with Crippen LogP contribution in [-0.4, -0.2) is 29.6 Å². The van der Waals surface area contributed by atoms with Crippen LogP contribution in [0.4, 0.5) is 18.9 Å². The number of hydrogen-bond acceptors (Lipinski definition) is 3. The van der Waals surface area contributed by atoms with E-state index in [1.54, 1.807) is 0 Å². The van der Waals surface area contributed by atoms with Crippen molar-refractivity contribution in [1.82, 2.24) is 0 Å². The fraction of sp³-hybridized carbons (Fsp3) is 0.300. The molecule has 0 aliphatic rings. The summed E-state index contributed by atoms with van der Waals surface area (Å²) in [5.41, 5.74) is -3.46. The minimum Gasteiger partial charge on any atom is -0.479 e. The van der Waals surface area contributed by atoms with E-state index in [-0.39, 0.29) is 4.31 Å². The maximum Gasteiger partial charge on any atom is 0.361 e. The molecular weight excluding hydrogens is 303 g/mol. The van der Waals surface area contributed by atoms with Crippen molar-refractivity contribution >= 4 is 22.0 Å². The number of carboxylic acid groups (broad SMARTS) is 1. The highest BCUT2D eigenvalue weighted by atomic mass is 32.2. The molecule has 0 aliphatic heterocycles. The van der Waals surface area contributed by atoms with Gasteiger partial charge in [0.25, 0.3) is 0 Å². The number of benzene rings is 1. The molecule has 0 fully saturated rings. The number of anilines is 1. The Bertz CT molecular complexity index is 659. The predicted octanol–water partition coefficient (Wildman–Crippen LogP) is 1.58. The summed E-state index contributed by atoms with van der Waals surface area (Å²) in [5.74, 6) is -7.25. The Morgan fingerprint density at radius 2 is 1.70 bits per heavy atom. The molecule has 0 unspecified atom stereocenters. The number of halogens is 3. The number of nitrogens with zero attached hydrogens (tertiary/aromatic N) is 1. The van der Waals surface area contributed by atoms with E-state index in [4.69, 9.17) is 9.66 Å². The molecule has 0 atom stereocenters. The third-order valence-electron chi connectivity index (χ3n) is 2.50. The van der Waals surface area contributed by atoms with Gasteiger partial charge in [0, 0.05) is 0 Å². The highest BCUT2D eigenvalue weighted by Gasteiger charge is 2.43. The Kier molecular flexibility index (Phi) is 4.02. The molecule has 0 aromatic heterocycles. The van der Waals surface area contributed by atoms with E-state index in [0.717, 1.165) is 13.8 Å². The standard InChI is InChI=1S/C10H10F3NO5S/c1-10(2,9(15)16)14(20(17,18)19)6-4-3-5(11)7(12)8(6)13/h3-4H,1-2H3,(H,15,16)(H,17,18,19). The minimum absolute atomic E-state index is 0.250. The van der Waals surface area contributed by atoms with E-state index in [1.807, 2.05) is 0 Å². The molecule has 1 aromatic carbocycles. The SMILES string of the molecule is CC(C)(C(=O)O)N(c1ccc(F)c(F)c1F)S(=O)(=O)O. The molecule has 112 valence electrons. The van der Waals surface area contributed by atoms with E-state index < -0.39 is 45.0 Å². The predicted molar refractivity (Wildman–Crippen MR) is 62.1 cm³/mol. The van der Waals surface area contributed by atoms with Crippen LogP contribution in [0.15, 0.2) is 12.1 Å². The van der Waals surface area contributed by atoms with Gasteiger partial charge in [-0.25, -0.2) is 22.3 Å². The van der Waals surface area contributed by atoms with Crippen LogP contribution in [0, 0.1) is 17.5 Å². The molecule has 1 aromatic rings. The Labute approximate surface area is 112 Å². The van der Waals surface area contributed by atoms with Gasteiger partial charge in [-0.05, 0) is 26.0 Å². The van der Waals surface area contributed by atoms with Crippen LogP contribution in [0.3, 0.4) is 0 Å². The van der Waals surface area contributed by atoms with Crippen LogP contribution in [0.1, 0.15) is 13.8 Å². The van der Waals surface area contributed by atoms with Gasteiger partial charge < -0.3 is 5.11 Å². The molecule has 0 spiro atoms. The number of aliphatic carboxylic acids is 1. The van der Waals surface area contributed by atoms with E-state index in [1.165, 1.54) is 0 Å². The quantitative estimate of drug-likeness (QED) is 0.650. The molecule has 0 aliphatic carbocycles. The summed E-state index contributed by atoms with van der Waals surface area (Å²) < 4.78 is 70.9. The van der Waals surface area contributed by atoms with Crippen LogP contribution in [0.5, 0.6) is 0 Å². The second-order valence-corrected chi connectivity index (χ2v) is 5.56. The molecule has 0 saturated carbocycles. The fourth-order valence-electron chi connectivity index (χ4n) is 1.47. The zero-order valence-corrected chi connectivity index (χ0v) is 11.1. The van der Waals surface area contributed by atoms with E-state index >= 15 is 0 Å². The average Bonchev–Trinajstić information content (AvgIpc) is 2.27. The first kappa shape index (κ1) is 16.2. The molecule has 0 amide bonds. The molecule has 0 bridgehead atoms. The molecule has 1 rings (SSSR count). The van der Waals surface area contributed by atoms with Crippen LogP contribution in [0.2, 0.25) is 0 Å². The number of carbonyl (C=O) groups is 1. The molecule has 0 saturated heterocycles. The van der Waals surface area contributed by atoms with Crippen molar-refractivity contribution in [2.75, 3.05) is 4.31 Å². The molecule has 10 heteroatoms. The lowest BCUT2D eigenvalue weighted by Gasteiger charge is -2.33. The monoisotopic (exact) mass is 313 g/mol. The molecule has 0 radical (unpaired) electrons. The van der Waals surface area contributed by atoms with Crippen molar-refractivity contribution in [1.29, 1.82) is 0 Å². The van der Waals surface area contributed by atoms with Gasteiger partial charge in [-0.2, -0.15) is 8.42 Å². The summed E-state index contributed by atoms with van der Waals surface area (Å²) in [7, 11) is -5.25. The van der Waals surface area contributed by atoms with Crippen molar-refractivity contribution in [3.63, 3.8) is 0 Å². The van der Waals surface area contributed by atoms with Crippen LogP contribution >= 0.6 is 0 Å². The number of carboxylic acids is 1. The van der Waals surface area contributed by atoms with Crippen molar-refractivity contribution in [3.05, 3.63) is 29.6 Å². The topological polar surface area (TPSA) is 94.9 Å². The zero-order valence-electron chi connectivity index (χ0n) is 10.3. The summed E-state index contributed by atoms with van der Waals surface area (Å²) in [6, 6.07) is 0.913. The molecule has 0 heterocycles. The van der Waals surface area contributed by atoms with Gasteiger partial charge in [-0.1, -0.05) is 0 Å².